The van der Waals surface area contributed by atoms with E-state index in [1.165, 1.54) is 0 Å². The van der Waals surface area contributed by atoms with Crippen LogP contribution in [0.2, 0.25) is 0 Å². The zero-order valence-corrected chi connectivity index (χ0v) is 6.82. The topological polar surface area (TPSA) is 49.7 Å². The highest BCUT2D eigenvalue weighted by atomic mass is 16.4. The van der Waals surface area contributed by atoms with Crippen molar-refractivity contribution in [1.82, 2.24) is 0 Å². The van der Waals surface area contributed by atoms with Crippen LogP contribution in [0.1, 0.15) is 13.8 Å². The molecule has 1 N–H and O–H groups in total. The van der Waals surface area contributed by atoms with E-state index >= 15 is 0 Å². The Labute approximate surface area is 66.8 Å². The van der Waals surface area contributed by atoms with Crippen LogP contribution in [0.4, 0.5) is 0 Å². The molecule has 0 heterocycles. The molecule has 0 aliphatic rings. The molecule has 0 aliphatic heterocycles. The first-order chi connectivity index (χ1) is 5.15. The van der Waals surface area contributed by atoms with Gasteiger partial charge in [0, 0.05) is 19.3 Å². The average molecular weight is 155 g/mol. The van der Waals surface area contributed by atoms with Crippen molar-refractivity contribution >= 4 is 12.2 Å². The van der Waals surface area contributed by atoms with Gasteiger partial charge in [0.25, 0.3) is 5.97 Å². The van der Waals surface area contributed by atoms with Gasteiger partial charge in [-0.05, 0) is 13.0 Å². The molecule has 0 spiro atoms. The second-order valence-electron chi connectivity index (χ2n) is 1.50. The number of carbonyl (C=O) groups is 1. The van der Waals surface area contributed by atoms with Crippen molar-refractivity contribution in [2.75, 3.05) is 0 Å². The number of hydrogen-bond acceptors (Lipinski definition) is 2. The van der Waals surface area contributed by atoms with E-state index in [0.29, 0.717) is 0 Å². The Kier molecular flexibility index (Phi) is 12.8. The summed E-state index contributed by atoms with van der Waals surface area (Å²) >= 11 is 0. The minimum Gasteiger partial charge on any atom is -0.481 e. The highest BCUT2D eigenvalue weighted by molar-refractivity contribution is 5.62. The summed E-state index contributed by atoms with van der Waals surface area (Å²) < 4.78 is 0. The maximum atomic E-state index is 9.00. The number of allylic oxidation sites excluding steroid dienone is 2. The summed E-state index contributed by atoms with van der Waals surface area (Å²) in [7, 11) is 0. The summed E-state index contributed by atoms with van der Waals surface area (Å²) in [5.41, 5.74) is 0. The molecule has 3 nitrogen and oxygen atoms in total. The molecule has 0 rings (SSSR count). The van der Waals surface area contributed by atoms with Crippen molar-refractivity contribution in [2.45, 2.75) is 13.8 Å². The number of carboxylic acids is 1. The first kappa shape index (κ1) is 12.3. The number of aliphatic carboxylic acids is 1. The molecule has 0 atom stereocenters. The second-order valence-corrected chi connectivity index (χ2v) is 1.50. The zero-order valence-electron chi connectivity index (χ0n) is 6.82. The Balaban J connectivity index is 0. The number of carboxylic acid groups (broad SMARTS) is 1. The molecule has 0 aromatic heterocycles. The quantitative estimate of drug-likeness (QED) is 0.488. The van der Waals surface area contributed by atoms with E-state index in [-0.39, 0.29) is 0 Å². The Morgan fingerprint density at radius 3 is 2.36 bits per heavy atom. The number of rotatable bonds is 2. The van der Waals surface area contributed by atoms with Gasteiger partial charge in [0.1, 0.15) is 0 Å². The number of hydrogen-bond donors (Lipinski definition) is 1. The molecule has 0 aromatic rings. The van der Waals surface area contributed by atoms with E-state index in [4.69, 9.17) is 9.90 Å². The third kappa shape index (κ3) is 55.0. The normalized spacial score (nSPS) is 9.27. The monoisotopic (exact) mass is 155 g/mol. The third-order valence-corrected chi connectivity index (χ3v) is 0.457. The van der Waals surface area contributed by atoms with Crippen molar-refractivity contribution in [3.05, 3.63) is 24.9 Å². The van der Waals surface area contributed by atoms with Crippen molar-refractivity contribution < 1.29 is 9.90 Å². The predicted molar refractivity (Wildman–Crippen MR) is 46.8 cm³/mol. The van der Waals surface area contributed by atoms with Crippen LogP contribution in [0.3, 0.4) is 0 Å². The molecular formula is C8H13NO2. The van der Waals surface area contributed by atoms with Crippen molar-refractivity contribution in [2.24, 2.45) is 4.99 Å². The van der Waals surface area contributed by atoms with Gasteiger partial charge in [-0.2, -0.15) is 0 Å². The largest absolute Gasteiger partial charge is 0.481 e. The lowest BCUT2D eigenvalue weighted by Gasteiger charge is -1.66. The lowest BCUT2D eigenvalue weighted by Crippen LogP contribution is -1.78. The molecule has 0 fully saturated rings. The van der Waals surface area contributed by atoms with E-state index in [1.54, 1.807) is 24.6 Å². The standard InChI is InChI=1S/C6H9N.C2H4O2/c1-3-5-6-7-4-2;1-2(3)4/h3-6H,1H2,2H3;1H3,(H,3,4)/b6-5-,7-4?;. The number of aliphatic imine (C=N–C) groups is 1. The summed E-state index contributed by atoms with van der Waals surface area (Å²) in [6.07, 6.45) is 6.88. The SMILES string of the molecule is C=C/C=C\N=CC.CC(=O)O. The van der Waals surface area contributed by atoms with Gasteiger partial charge in [-0.25, -0.2) is 0 Å². The summed E-state index contributed by atoms with van der Waals surface area (Å²) in [6, 6.07) is 0. The van der Waals surface area contributed by atoms with E-state index in [0.717, 1.165) is 6.92 Å². The Hall–Kier alpha value is -1.38. The fourth-order valence-corrected chi connectivity index (χ4v) is 0.197. The Bertz CT molecular complexity index is 155. The zero-order chi connectivity index (χ0) is 9.11. The van der Waals surface area contributed by atoms with Gasteiger partial charge in [-0.15, -0.1) is 0 Å². The van der Waals surface area contributed by atoms with E-state index < -0.39 is 5.97 Å². The second kappa shape index (κ2) is 11.4. The fraction of sp³-hybridized carbons (Fsp3) is 0.250. The van der Waals surface area contributed by atoms with Gasteiger partial charge in [0.05, 0.1) is 0 Å². The van der Waals surface area contributed by atoms with Crippen molar-refractivity contribution in [3.8, 4) is 0 Å². The Morgan fingerprint density at radius 2 is 2.09 bits per heavy atom. The van der Waals surface area contributed by atoms with Crippen LogP contribution in [-0.4, -0.2) is 17.3 Å². The maximum Gasteiger partial charge on any atom is 0.300 e. The van der Waals surface area contributed by atoms with Crippen LogP contribution in [0.15, 0.2) is 29.9 Å². The van der Waals surface area contributed by atoms with Crippen LogP contribution in [0.5, 0.6) is 0 Å². The molecule has 11 heavy (non-hydrogen) atoms. The third-order valence-electron chi connectivity index (χ3n) is 0.457. The molecule has 62 valence electrons. The average Bonchev–Trinajstić information content (AvgIpc) is 1.88. The van der Waals surface area contributed by atoms with E-state index in [9.17, 15) is 0 Å². The summed E-state index contributed by atoms with van der Waals surface area (Å²) in [5, 5.41) is 7.42. The molecule has 0 saturated carbocycles. The Morgan fingerprint density at radius 1 is 1.64 bits per heavy atom. The molecule has 0 aromatic carbocycles. The summed E-state index contributed by atoms with van der Waals surface area (Å²) in [5.74, 6) is -0.833. The smallest absolute Gasteiger partial charge is 0.300 e. The van der Waals surface area contributed by atoms with Crippen LogP contribution in [0, 0.1) is 0 Å². The molecular weight excluding hydrogens is 142 g/mol. The van der Waals surface area contributed by atoms with Gasteiger partial charge in [0.15, 0.2) is 0 Å². The number of nitrogens with zero attached hydrogens (tertiary/aromatic N) is 1. The van der Waals surface area contributed by atoms with Gasteiger partial charge < -0.3 is 5.11 Å². The van der Waals surface area contributed by atoms with E-state index in [2.05, 4.69) is 11.6 Å². The molecule has 0 unspecified atom stereocenters. The van der Waals surface area contributed by atoms with Gasteiger partial charge in [-0.1, -0.05) is 12.7 Å². The maximum absolute atomic E-state index is 9.00. The predicted octanol–water partition coefficient (Wildman–Crippen LogP) is 1.87. The summed E-state index contributed by atoms with van der Waals surface area (Å²) in [6.45, 7) is 6.42. The van der Waals surface area contributed by atoms with E-state index in [1.807, 2.05) is 6.92 Å². The molecule has 0 bridgehead atoms. The van der Waals surface area contributed by atoms with Gasteiger partial charge in [0.2, 0.25) is 0 Å². The first-order valence-corrected chi connectivity index (χ1v) is 3.10. The highest BCUT2D eigenvalue weighted by Crippen LogP contribution is 1.71. The lowest BCUT2D eigenvalue weighted by atomic mass is 10.6. The highest BCUT2D eigenvalue weighted by Gasteiger charge is 1.65. The summed E-state index contributed by atoms with van der Waals surface area (Å²) in [4.78, 5) is 12.8. The van der Waals surface area contributed by atoms with Crippen LogP contribution in [-0.2, 0) is 4.79 Å². The minimum atomic E-state index is -0.833. The minimum absolute atomic E-state index is 0.833. The molecule has 0 aliphatic carbocycles. The van der Waals surface area contributed by atoms with Gasteiger partial charge >= 0.3 is 0 Å². The van der Waals surface area contributed by atoms with Crippen LogP contribution < -0.4 is 0 Å². The first-order valence-electron chi connectivity index (χ1n) is 3.10. The fourth-order valence-electron chi connectivity index (χ4n) is 0.197. The van der Waals surface area contributed by atoms with Crippen LogP contribution >= 0.6 is 0 Å². The van der Waals surface area contributed by atoms with Crippen molar-refractivity contribution in [3.63, 3.8) is 0 Å². The van der Waals surface area contributed by atoms with Crippen molar-refractivity contribution in [1.29, 1.82) is 0 Å². The molecule has 0 amide bonds. The lowest BCUT2D eigenvalue weighted by molar-refractivity contribution is -0.134. The van der Waals surface area contributed by atoms with Gasteiger partial charge in [-0.3, -0.25) is 9.79 Å². The molecule has 0 radical (unpaired) electrons. The van der Waals surface area contributed by atoms with Crippen LogP contribution in [0.25, 0.3) is 0 Å². The molecule has 3 heteroatoms. The molecule has 0 saturated heterocycles.